The molecule has 1 aromatic heterocycles. The van der Waals surface area contributed by atoms with Crippen LogP contribution < -0.4 is 10.3 Å². The Labute approximate surface area is 176 Å². The first kappa shape index (κ1) is 20.0. The first-order valence-corrected chi connectivity index (χ1v) is 10.6. The van der Waals surface area contributed by atoms with Gasteiger partial charge in [-0.15, -0.1) is 0 Å². The average molecular weight is 431 g/mol. The van der Waals surface area contributed by atoms with Crippen molar-refractivity contribution in [1.29, 1.82) is 0 Å². The predicted molar refractivity (Wildman–Crippen MR) is 109 cm³/mol. The van der Waals surface area contributed by atoms with E-state index in [4.69, 9.17) is 0 Å². The fourth-order valence-electron chi connectivity index (χ4n) is 5.27. The smallest absolute Gasteiger partial charge is 0.341 e. The molecule has 164 valence electrons. The number of carbonyl (C=O) groups is 2. The van der Waals surface area contributed by atoms with Gasteiger partial charge in [0, 0.05) is 38.8 Å². The number of hydrogen-bond acceptors (Lipinski definition) is 4. The summed E-state index contributed by atoms with van der Waals surface area (Å²) in [7, 11) is 0. The van der Waals surface area contributed by atoms with E-state index in [1.807, 2.05) is 0 Å². The fourth-order valence-corrected chi connectivity index (χ4v) is 5.27. The van der Waals surface area contributed by atoms with Gasteiger partial charge < -0.3 is 19.5 Å². The second-order valence-corrected chi connectivity index (χ2v) is 8.82. The number of piperidine rings is 1. The highest BCUT2D eigenvalue weighted by molar-refractivity contribution is 5.94. The SMILES string of the molecule is CC(=O)N1CCCC2CN(c3c(F)cc4c(=O)c(C(=O)O)cn(C5CC5)c4c3F)CC21. The summed E-state index contributed by atoms with van der Waals surface area (Å²) in [5, 5.41) is 9.11. The number of anilines is 1. The van der Waals surface area contributed by atoms with E-state index in [1.54, 1.807) is 9.80 Å². The van der Waals surface area contributed by atoms with Crippen LogP contribution in [0.3, 0.4) is 0 Å². The lowest BCUT2D eigenvalue weighted by molar-refractivity contribution is -0.132. The lowest BCUT2D eigenvalue weighted by Gasteiger charge is -2.36. The number of benzene rings is 1. The molecule has 1 saturated carbocycles. The van der Waals surface area contributed by atoms with Gasteiger partial charge in [0.05, 0.1) is 16.9 Å². The molecule has 0 radical (unpaired) electrons. The van der Waals surface area contributed by atoms with Crippen LogP contribution in [0, 0.1) is 17.6 Å². The molecule has 0 bridgehead atoms. The zero-order valence-corrected chi connectivity index (χ0v) is 17.1. The average Bonchev–Trinajstić information content (AvgIpc) is 3.46. The van der Waals surface area contributed by atoms with E-state index in [1.165, 1.54) is 17.7 Å². The minimum absolute atomic E-state index is 0.0419. The highest BCUT2D eigenvalue weighted by Crippen LogP contribution is 2.41. The summed E-state index contributed by atoms with van der Waals surface area (Å²) in [5.74, 6) is -3.06. The highest BCUT2D eigenvalue weighted by Gasteiger charge is 2.42. The third kappa shape index (κ3) is 3.09. The molecule has 2 unspecified atom stereocenters. The Balaban J connectivity index is 1.65. The van der Waals surface area contributed by atoms with Gasteiger partial charge in [-0.3, -0.25) is 9.59 Å². The lowest BCUT2D eigenvalue weighted by atomic mass is 9.92. The van der Waals surface area contributed by atoms with E-state index in [9.17, 15) is 19.5 Å². The number of carboxylic acid groups (broad SMARTS) is 1. The molecule has 9 heteroatoms. The molecular formula is C22H23F2N3O4. The Morgan fingerprint density at radius 3 is 2.55 bits per heavy atom. The topological polar surface area (TPSA) is 82.8 Å². The van der Waals surface area contributed by atoms with Crippen LogP contribution in [-0.4, -0.2) is 52.1 Å². The number of amides is 1. The van der Waals surface area contributed by atoms with Crippen molar-refractivity contribution in [1.82, 2.24) is 9.47 Å². The maximum Gasteiger partial charge on any atom is 0.341 e. The van der Waals surface area contributed by atoms with Crippen molar-refractivity contribution < 1.29 is 23.5 Å². The highest BCUT2D eigenvalue weighted by atomic mass is 19.1. The Kier molecular flexibility index (Phi) is 4.53. The number of fused-ring (bicyclic) bond motifs is 2. The molecule has 7 nitrogen and oxygen atoms in total. The van der Waals surface area contributed by atoms with Gasteiger partial charge in [0.15, 0.2) is 5.82 Å². The van der Waals surface area contributed by atoms with E-state index >= 15 is 8.78 Å². The van der Waals surface area contributed by atoms with E-state index in [2.05, 4.69) is 0 Å². The van der Waals surface area contributed by atoms with Crippen molar-refractivity contribution in [3.05, 3.63) is 39.7 Å². The number of likely N-dealkylation sites (tertiary alicyclic amines) is 1. The van der Waals surface area contributed by atoms with Crippen LogP contribution >= 0.6 is 0 Å². The number of carbonyl (C=O) groups excluding carboxylic acids is 1. The van der Waals surface area contributed by atoms with Crippen LogP contribution in [0.4, 0.5) is 14.5 Å². The minimum Gasteiger partial charge on any atom is -0.477 e. The molecular weight excluding hydrogens is 408 g/mol. The fraction of sp³-hybridized carbons (Fsp3) is 0.500. The summed E-state index contributed by atoms with van der Waals surface area (Å²) >= 11 is 0. The van der Waals surface area contributed by atoms with Gasteiger partial charge in [0.1, 0.15) is 17.1 Å². The minimum atomic E-state index is -1.42. The summed E-state index contributed by atoms with van der Waals surface area (Å²) < 4.78 is 32.5. The van der Waals surface area contributed by atoms with Gasteiger partial charge in [-0.1, -0.05) is 0 Å². The van der Waals surface area contributed by atoms with E-state index in [-0.39, 0.29) is 40.5 Å². The molecule has 2 aliphatic heterocycles. The third-order valence-corrected chi connectivity index (χ3v) is 6.86. The molecule has 1 N–H and O–H groups in total. The Bertz CT molecular complexity index is 1170. The molecule has 31 heavy (non-hydrogen) atoms. The largest absolute Gasteiger partial charge is 0.477 e. The van der Waals surface area contributed by atoms with Crippen molar-refractivity contribution >= 4 is 28.5 Å². The molecule has 2 aromatic rings. The third-order valence-electron chi connectivity index (χ3n) is 6.86. The van der Waals surface area contributed by atoms with Crippen molar-refractivity contribution in [3.8, 4) is 0 Å². The molecule has 3 heterocycles. The van der Waals surface area contributed by atoms with Crippen molar-refractivity contribution in [2.24, 2.45) is 5.92 Å². The molecule has 5 rings (SSSR count). The zero-order chi connectivity index (χ0) is 22.0. The van der Waals surface area contributed by atoms with Crippen molar-refractivity contribution in [2.75, 3.05) is 24.5 Å². The standard InChI is InChI=1S/C22H23F2N3O4/c1-11(28)26-6-2-3-12-8-25(10-17(12)26)20-16(23)7-14-19(18(20)24)27(13-4-5-13)9-15(21(14)29)22(30)31/h7,9,12-13,17H,2-6,8,10H2,1H3,(H,30,31). The molecule has 2 saturated heterocycles. The Morgan fingerprint density at radius 1 is 1.16 bits per heavy atom. The first-order valence-electron chi connectivity index (χ1n) is 10.6. The number of pyridine rings is 1. The molecule has 3 fully saturated rings. The number of hydrogen-bond donors (Lipinski definition) is 1. The van der Waals surface area contributed by atoms with Gasteiger partial charge in [0.25, 0.3) is 0 Å². The van der Waals surface area contributed by atoms with E-state index in [0.717, 1.165) is 31.7 Å². The number of aromatic nitrogens is 1. The number of halogens is 2. The van der Waals surface area contributed by atoms with Crippen molar-refractivity contribution in [2.45, 2.75) is 44.7 Å². The van der Waals surface area contributed by atoms with Gasteiger partial charge in [0.2, 0.25) is 11.3 Å². The van der Waals surface area contributed by atoms with Gasteiger partial charge >= 0.3 is 5.97 Å². The van der Waals surface area contributed by atoms with Crippen LogP contribution in [0.25, 0.3) is 10.9 Å². The van der Waals surface area contributed by atoms with Crippen LogP contribution in [0.1, 0.15) is 49.0 Å². The zero-order valence-electron chi connectivity index (χ0n) is 17.1. The predicted octanol–water partition coefficient (Wildman–Crippen LogP) is 2.76. The molecule has 1 aromatic carbocycles. The molecule has 1 amide bonds. The summed E-state index contributed by atoms with van der Waals surface area (Å²) in [6, 6.07) is 0.760. The van der Waals surface area contributed by atoms with Crippen LogP contribution in [0.5, 0.6) is 0 Å². The number of carboxylic acids is 1. The molecule has 2 atom stereocenters. The summed E-state index contributed by atoms with van der Waals surface area (Å²) in [4.78, 5) is 39.6. The van der Waals surface area contributed by atoms with Crippen LogP contribution in [0.15, 0.2) is 17.1 Å². The molecule has 0 spiro atoms. The summed E-state index contributed by atoms with van der Waals surface area (Å²) in [6.45, 7) is 2.90. The number of rotatable bonds is 3. The summed E-state index contributed by atoms with van der Waals surface area (Å²) in [6.07, 6.45) is 4.40. The second-order valence-electron chi connectivity index (χ2n) is 8.82. The Hall–Kier alpha value is -2.97. The first-order chi connectivity index (χ1) is 14.8. The normalized spacial score (nSPS) is 23.3. The number of aromatic carboxylic acids is 1. The monoisotopic (exact) mass is 431 g/mol. The Morgan fingerprint density at radius 2 is 1.90 bits per heavy atom. The summed E-state index contributed by atoms with van der Waals surface area (Å²) in [5.41, 5.74) is -1.63. The van der Waals surface area contributed by atoms with Crippen LogP contribution in [0.2, 0.25) is 0 Å². The number of nitrogens with zero attached hydrogens (tertiary/aromatic N) is 3. The maximum absolute atomic E-state index is 15.8. The van der Waals surface area contributed by atoms with Gasteiger partial charge in [-0.2, -0.15) is 0 Å². The van der Waals surface area contributed by atoms with Gasteiger partial charge in [-0.05, 0) is 37.7 Å². The molecule has 1 aliphatic carbocycles. The van der Waals surface area contributed by atoms with Crippen molar-refractivity contribution in [3.63, 3.8) is 0 Å². The molecule has 3 aliphatic rings. The quantitative estimate of drug-likeness (QED) is 0.808. The van der Waals surface area contributed by atoms with E-state index < -0.39 is 28.6 Å². The van der Waals surface area contributed by atoms with Gasteiger partial charge in [-0.25, -0.2) is 13.6 Å². The second kappa shape index (κ2) is 7.03. The van der Waals surface area contributed by atoms with Crippen LogP contribution in [-0.2, 0) is 4.79 Å². The maximum atomic E-state index is 15.8. The van der Waals surface area contributed by atoms with E-state index in [0.29, 0.717) is 19.6 Å². The lowest BCUT2D eigenvalue weighted by Crippen LogP contribution is -2.47.